The summed E-state index contributed by atoms with van der Waals surface area (Å²) in [5, 5.41) is 1.08. The van der Waals surface area contributed by atoms with E-state index in [1.54, 1.807) is 6.20 Å². The molecule has 1 rings (SSSR count). The highest BCUT2D eigenvalue weighted by atomic mass is 79.9. The Labute approximate surface area is 87.5 Å². The molecule has 2 nitrogen and oxygen atoms in total. The number of alkyl halides is 1. The van der Waals surface area contributed by atoms with E-state index in [1.807, 2.05) is 18.2 Å². The molecule has 0 saturated heterocycles. The minimum Gasteiger partial charge on any atom is -0.478 e. The van der Waals surface area contributed by atoms with Crippen molar-refractivity contribution in [2.24, 2.45) is 0 Å². The fraction of sp³-hybridized carbons (Fsp3) is 0.500. The van der Waals surface area contributed by atoms with Gasteiger partial charge < -0.3 is 4.74 Å². The minimum atomic E-state index is 0.723. The molecule has 0 aromatic carbocycles. The number of halogens is 1. The van der Waals surface area contributed by atoms with Gasteiger partial charge in [0.05, 0.1) is 6.61 Å². The molecular weight excluding hydrogens is 230 g/mol. The fourth-order valence-corrected chi connectivity index (χ4v) is 1.38. The largest absolute Gasteiger partial charge is 0.478 e. The third kappa shape index (κ3) is 4.88. The van der Waals surface area contributed by atoms with Crippen molar-refractivity contribution in [1.29, 1.82) is 0 Å². The lowest BCUT2D eigenvalue weighted by Gasteiger charge is -2.03. The van der Waals surface area contributed by atoms with Crippen LogP contribution in [-0.4, -0.2) is 16.9 Å². The Kier molecular flexibility index (Phi) is 5.57. The maximum absolute atomic E-state index is 5.43. The molecule has 0 fully saturated rings. The van der Waals surface area contributed by atoms with Crippen molar-refractivity contribution in [2.45, 2.75) is 19.3 Å². The van der Waals surface area contributed by atoms with Crippen molar-refractivity contribution in [3.05, 3.63) is 24.4 Å². The number of aromatic nitrogens is 1. The van der Waals surface area contributed by atoms with E-state index in [9.17, 15) is 0 Å². The first-order valence-electron chi connectivity index (χ1n) is 4.53. The summed E-state index contributed by atoms with van der Waals surface area (Å²) in [7, 11) is 0. The van der Waals surface area contributed by atoms with Crippen LogP contribution >= 0.6 is 15.9 Å². The van der Waals surface area contributed by atoms with Gasteiger partial charge in [-0.15, -0.1) is 0 Å². The van der Waals surface area contributed by atoms with Crippen molar-refractivity contribution in [1.82, 2.24) is 4.98 Å². The summed E-state index contributed by atoms with van der Waals surface area (Å²) in [5.41, 5.74) is 0. The molecule has 0 aliphatic rings. The molecule has 3 heteroatoms. The van der Waals surface area contributed by atoms with E-state index in [1.165, 1.54) is 12.8 Å². The lowest BCUT2D eigenvalue weighted by Crippen LogP contribution is -1.98. The van der Waals surface area contributed by atoms with E-state index in [4.69, 9.17) is 4.74 Å². The minimum absolute atomic E-state index is 0.723. The van der Waals surface area contributed by atoms with Crippen LogP contribution in [0.4, 0.5) is 0 Å². The predicted molar refractivity (Wildman–Crippen MR) is 57.4 cm³/mol. The highest BCUT2D eigenvalue weighted by Gasteiger charge is 1.92. The number of pyridine rings is 1. The molecule has 1 heterocycles. The van der Waals surface area contributed by atoms with E-state index < -0.39 is 0 Å². The molecule has 0 radical (unpaired) electrons. The Morgan fingerprint density at radius 1 is 1.23 bits per heavy atom. The molecule has 0 saturated carbocycles. The lowest BCUT2D eigenvalue weighted by molar-refractivity contribution is 0.295. The van der Waals surface area contributed by atoms with Crippen LogP contribution in [0.2, 0.25) is 0 Å². The first-order chi connectivity index (χ1) is 6.43. The molecule has 0 aliphatic carbocycles. The van der Waals surface area contributed by atoms with Gasteiger partial charge in [-0.25, -0.2) is 4.98 Å². The standard InChI is InChI=1S/C10H14BrNO/c11-7-3-1-5-9-13-10-6-2-4-8-12-10/h2,4,6,8H,1,3,5,7,9H2. The van der Waals surface area contributed by atoms with Gasteiger partial charge in [-0.1, -0.05) is 22.0 Å². The predicted octanol–water partition coefficient (Wildman–Crippen LogP) is 3.03. The summed E-state index contributed by atoms with van der Waals surface area (Å²) >= 11 is 3.39. The van der Waals surface area contributed by atoms with Gasteiger partial charge in [0.25, 0.3) is 0 Å². The summed E-state index contributed by atoms with van der Waals surface area (Å²) in [4.78, 5) is 4.07. The second kappa shape index (κ2) is 6.89. The zero-order chi connectivity index (χ0) is 9.36. The number of rotatable bonds is 6. The molecule has 0 atom stereocenters. The molecule has 0 bridgehead atoms. The maximum atomic E-state index is 5.43. The SMILES string of the molecule is BrCCCCCOc1ccccn1. The quantitative estimate of drug-likeness (QED) is 0.566. The highest BCUT2D eigenvalue weighted by molar-refractivity contribution is 9.09. The maximum Gasteiger partial charge on any atom is 0.213 e. The van der Waals surface area contributed by atoms with Gasteiger partial charge in [0.2, 0.25) is 5.88 Å². The average Bonchev–Trinajstić information content (AvgIpc) is 2.19. The monoisotopic (exact) mass is 243 g/mol. The molecule has 1 aromatic rings. The number of ether oxygens (including phenoxy) is 1. The number of nitrogens with zero attached hydrogens (tertiary/aromatic N) is 1. The van der Waals surface area contributed by atoms with Crippen LogP contribution in [0.5, 0.6) is 5.88 Å². The van der Waals surface area contributed by atoms with Gasteiger partial charge in [-0.3, -0.25) is 0 Å². The third-order valence-corrected chi connectivity index (χ3v) is 2.23. The van der Waals surface area contributed by atoms with E-state index >= 15 is 0 Å². The van der Waals surface area contributed by atoms with Gasteiger partial charge in [-0.2, -0.15) is 0 Å². The summed E-state index contributed by atoms with van der Waals surface area (Å²) in [6.45, 7) is 0.768. The average molecular weight is 244 g/mol. The summed E-state index contributed by atoms with van der Waals surface area (Å²) in [5.74, 6) is 0.723. The van der Waals surface area contributed by atoms with Gasteiger partial charge in [0.1, 0.15) is 0 Å². The molecule has 0 amide bonds. The van der Waals surface area contributed by atoms with Gasteiger partial charge in [0, 0.05) is 17.6 Å². The Hall–Kier alpha value is -0.570. The van der Waals surface area contributed by atoms with E-state index in [0.29, 0.717) is 0 Å². The summed E-state index contributed by atoms with van der Waals surface area (Å²) in [6, 6.07) is 5.70. The molecule has 0 aliphatic heterocycles. The molecule has 13 heavy (non-hydrogen) atoms. The normalized spacial score (nSPS) is 9.92. The zero-order valence-electron chi connectivity index (χ0n) is 7.58. The Balaban J connectivity index is 2.07. The fourth-order valence-electron chi connectivity index (χ4n) is 0.983. The third-order valence-electron chi connectivity index (χ3n) is 1.67. The Bertz CT molecular complexity index is 215. The zero-order valence-corrected chi connectivity index (χ0v) is 9.16. The Morgan fingerprint density at radius 2 is 2.15 bits per heavy atom. The summed E-state index contributed by atoms with van der Waals surface area (Å²) in [6.07, 6.45) is 5.26. The van der Waals surface area contributed by atoms with Crippen LogP contribution in [0.1, 0.15) is 19.3 Å². The van der Waals surface area contributed by atoms with Crippen molar-refractivity contribution in [3.63, 3.8) is 0 Å². The summed E-state index contributed by atoms with van der Waals surface area (Å²) < 4.78 is 5.43. The first-order valence-corrected chi connectivity index (χ1v) is 5.65. The molecular formula is C10H14BrNO. The van der Waals surface area contributed by atoms with E-state index in [-0.39, 0.29) is 0 Å². The molecule has 0 unspecified atom stereocenters. The number of unbranched alkanes of at least 4 members (excludes halogenated alkanes) is 2. The molecule has 72 valence electrons. The number of hydrogen-bond donors (Lipinski definition) is 0. The van der Waals surface area contributed by atoms with E-state index in [0.717, 1.165) is 24.2 Å². The van der Waals surface area contributed by atoms with Crippen LogP contribution in [0.3, 0.4) is 0 Å². The van der Waals surface area contributed by atoms with Crippen molar-refractivity contribution < 1.29 is 4.74 Å². The van der Waals surface area contributed by atoms with Crippen molar-refractivity contribution >= 4 is 15.9 Å². The van der Waals surface area contributed by atoms with Gasteiger partial charge in [0.15, 0.2) is 0 Å². The van der Waals surface area contributed by atoms with Crippen LogP contribution in [-0.2, 0) is 0 Å². The first kappa shape index (κ1) is 10.5. The van der Waals surface area contributed by atoms with Crippen LogP contribution < -0.4 is 4.74 Å². The topological polar surface area (TPSA) is 22.1 Å². The molecule has 0 N–H and O–H groups in total. The smallest absolute Gasteiger partial charge is 0.213 e. The van der Waals surface area contributed by atoms with Crippen molar-refractivity contribution in [3.8, 4) is 5.88 Å². The van der Waals surface area contributed by atoms with Crippen molar-refractivity contribution in [2.75, 3.05) is 11.9 Å². The molecule has 0 spiro atoms. The molecule has 1 aromatic heterocycles. The highest BCUT2D eigenvalue weighted by Crippen LogP contribution is 2.05. The van der Waals surface area contributed by atoms with Gasteiger partial charge in [-0.05, 0) is 25.3 Å². The van der Waals surface area contributed by atoms with Crippen LogP contribution in [0.15, 0.2) is 24.4 Å². The second-order valence-corrected chi connectivity index (χ2v) is 3.56. The van der Waals surface area contributed by atoms with Crippen LogP contribution in [0.25, 0.3) is 0 Å². The second-order valence-electron chi connectivity index (χ2n) is 2.77. The van der Waals surface area contributed by atoms with Gasteiger partial charge >= 0.3 is 0 Å². The lowest BCUT2D eigenvalue weighted by atomic mass is 10.3. The Morgan fingerprint density at radius 3 is 2.85 bits per heavy atom. The number of hydrogen-bond acceptors (Lipinski definition) is 2. The van der Waals surface area contributed by atoms with E-state index in [2.05, 4.69) is 20.9 Å². The van der Waals surface area contributed by atoms with Crippen LogP contribution in [0, 0.1) is 0 Å².